The van der Waals surface area contributed by atoms with Crippen molar-refractivity contribution < 1.29 is 0 Å². The van der Waals surface area contributed by atoms with Crippen LogP contribution in [-0.2, 0) is 0 Å². The molecule has 0 fully saturated rings. The largest absolute Gasteiger partial charge is 0.289 e. The Kier molecular flexibility index (Phi) is 2.30. The molecule has 0 N–H and O–H groups in total. The molecule has 0 aliphatic rings. The highest BCUT2D eigenvalue weighted by Gasteiger charge is 2.04. The molecule has 0 unspecified atom stereocenters. The van der Waals surface area contributed by atoms with Crippen LogP contribution in [0.1, 0.15) is 0 Å². The molecule has 0 spiro atoms. The Morgan fingerprint density at radius 2 is 1.81 bits per heavy atom. The topological polar surface area (TPSA) is 17.1 Å². The molecule has 2 aromatic carbocycles. The van der Waals surface area contributed by atoms with Gasteiger partial charge in [0.2, 0.25) is 0 Å². The molecular formula is C13H7BrOS. The molecule has 3 rings (SSSR count). The van der Waals surface area contributed by atoms with Crippen LogP contribution in [0.3, 0.4) is 0 Å². The summed E-state index contributed by atoms with van der Waals surface area (Å²) in [5.41, 5.74) is 0.109. The van der Waals surface area contributed by atoms with E-state index in [9.17, 15) is 4.79 Å². The lowest BCUT2D eigenvalue weighted by molar-refractivity contribution is 1.77. The van der Waals surface area contributed by atoms with Gasteiger partial charge in [-0.05, 0) is 33.4 Å². The van der Waals surface area contributed by atoms with Gasteiger partial charge >= 0.3 is 0 Å². The average Bonchev–Trinajstić information content (AvgIpc) is 2.62. The van der Waals surface area contributed by atoms with E-state index >= 15 is 0 Å². The van der Waals surface area contributed by atoms with Gasteiger partial charge in [-0.25, -0.2) is 0 Å². The minimum atomic E-state index is 0.109. The van der Waals surface area contributed by atoms with E-state index in [1.807, 2.05) is 42.5 Å². The van der Waals surface area contributed by atoms with Gasteiger partial charge < -0.3 is 0 Å². The molecule has 1 heterocycles. The molecule has 3 aromatic rings. The number of rotatable bonds is 0. The molecule has 16 heavy (non-hydrogen) atoms. The number of hydrogen-bond donors (Lipinski definition) is 0. The number of benzene rings is 1. The Morgan fingerprint density at radius 1 is 1.00 bits per heavy atom. The molecule has 0 aliphatic heterocycles. The third kappa shape index (κ3) is 1.47. The first kappa shape index (κ1) is 10.00. The summed E-state index contributed by atoms with van der Waals surface area (Å²) >= 11 is 5.00. The number of thiophene rings is 1. The van der Waals surface area contributed by atoms with Crippen molar-refractivity contribution in [3.63, 3.8) is 0 Å². The van der Waals surface area contributed by atoms with E-state index in [-0.39, 0.29) is 5.43 Å². The lowest BCUT2D eigenvalue weighted by atomic mass is 10.2. The van der Waals surface area contributed by atoms with Crippen LogP contribution in [-0.4, -0.2) is 0 Å². The van der Waals surface area contributed by atoms with Gasteiger partial charge in [0.15, 0.2) is 5.43 Å². The highest BCUT2D eigenvalue weighted by atomic mass is 79.9. The van der Waals surface area contributed by atoms with Crippen molar-refractivity contribution >= 4 is 48.1 Å². The van der Waals surface area contributed by atoms with Crippen molar-refractivity contribution in [2.45, 2.75) is 0 Å². The lowest BCUT2D eigenvalue weighted by Crippen LogP contribution is -1.96. The summed E-state index contributed by atoms with van der Waals surface area (Å²) in [6.07, 6.45) is 0. The van der Waals surface area contributed by atoms with Crippen LogP contribution >= 0.6 is 27.3 Å². The number of fused-ring (bicyclic) bond motifs is 2. The van der Waals surface area contributed by atoms with E-state index < -0.39 is 0 Å². The SMILES string of the molecule is O=c1c2ccccc2ccc2sc(Br)cc12. The van der Waals surface area contributed by atoms with Crippen molar-refractivity contribution in [2.75, 3.05) is 0 Å². The first-order valence-corrected chi connectivity index (χ1v) is 6.48. The fraction of sp³-hybridized carbons (Fsp3) is 0. The maximum Gasteiger partial charge on any atom is 0.195 e. The fourth-order valence-corrected chi connectivity index (χ4v) is 3.37. The van der Waals surface area contributed by atoms with Gasteiger partial charge in [-0.3, -0.25) is 4.79 Å². The Morgan fingerprint density at radius 3 is 2.69 bits per heavy atom. The summed E-state index contributed by atoms with van der Waals surface area (Å²) in [4.78, 5) is 12.3. The van der Waals surface area contributed by atoms with Crippen molar-refractivity contribution in [2.24, 2.45) is 0 Å². The van der Waals surface area contributed by atoms with Crippen LogP contribution in [0.2, 0.25) is 0 Å². The van der Waals surface area contributed by atoms with Crippen LogP contribution < -0.4 is 5.43 Å². The van der Waals surface area contributed by atoms with Gasteiger partial charge in [-0.15, -0.1) is 11.3 Å². The quantitative estimate of drug-likeness (QED) is 0.607. The van der Waals surface area contributed by atoms with E-state index in [1.54, 1.807) is 11.3 Å². The molecule has 3 heteroatoms. The summed E-state index contributed by atoms with van der Waals surface area (Å²) in [6.45, 7) is 0. The summed E-state index contributed by atoms with van der Waals surface area (Å²) in [5, 5.41) is 2.56. The average molecular weight is 291 g/mol. The summed E-state index contributed by atoms with van der Waals surface area (Å²) < 4.78 is 2.02. The van der Waals surface area contributed by atoms with E-state index in [2.05, 4.69) is 15.9 Å². The van der Waals surface area contributed by atoms with Crippen LogP contribution in [0, 0.1) is 0 Å². The van der Waals surface area contributed by atoms with E-state index in [0.29, 0.717) is 0 Å². The van der Waals surface area contributed by atoms with E-state index in [1.165, 1.54) is 0 Å². The highest BCUT2D eigenvalue weighted by molar-refractivity contribution is 9.11. The molecule has 1 aromatic heterocycles. The zero-order valence-corrected chi connectivity index (χ0v) is 10.6. The predicted molar refractivity (Wildman–Crippen MR) is 73.3 cm³/mol. The molecule has 78 valence electrons. The molecule has 1 nitrogen and oxygen atoms in total. The summed E-state index contributed by atoms with van der Waals surface area (Å²) in [6, 6.07) is 13.6. The summed E-state index contributed by atoms with van der Waals surface area (Å²) in [5.74, 6) is 0. The van der Waals surface area contributed by atoms with Crippen LogP contribution in [0.4, 0.5) is 0 Å². The zero-order valence-electron chi connectivity index (χ0n) is 8.24. The first-order valence-electron chi connectivity index (χ1n) is 4.87. The number of halogens is 1. The standard InChI is InChI=1S/C13H7BrOS/c14-12-7-10-11(16-12)6-5-8-3-1-2-4-9(8)13(10)15/h1-7H. The highest BCUT2D eigenvalue weighted by Crippen LogP contribution is 2.28. The Bertz CT molecular complexity index is 746. The molecule has 0 aliphatic carbocycles. The maximum absolute atomic E-state index is 12.3. The minimum Gasteiger partial charge on any atom is -0.289 e. The Balaban J connectivity index is 2.66. The van der Waals surface area contributed by atoms with Crippen molar-refractivity contribution in [1.29, 1.82) is 0 Å². The normalized spacial score (nSPS) is 11.1. The van der Waals surface area contributed by atoms with Gasteiger partial charge in [-0.1, -0.05) is 30.3 Å². The van der Waals surface area contributed by atoms with Gasteiger partial charge in [0.05, 0.1) is 3.79 Å². The monoisotopic (exact) mass is 290 g/mol. The molecule has 0 amide bonds. The van der Waals surface area contributed by atoms with Crippen LogP contribution in [0.15, 0.2) is 51.0 Å². The second-order valence-corrected chi connectivity index (χ2v) is 6.04. The zero-order chi connectivity index (χ0) is 11.1. The van der Waals surface area contributed by atoms with Crippen molar-refractivity contribution in [3.05, 3.63) is 56.5 Å². The Hall–Kier alpha value is -1.19. The lowest BCUT2D eigenvalue weighted by Gasteiger charge is -1.88. The number of hydrogen-bond acceptors (Lipinski definition) is 2. The second kappa shape index (κ2) is 3.68. The molecule has 0 saturated carbocycles. The fourth-order valence-electron chi connectivity index (χ4n) is 1.84. The third-order valence-electron chi connectivity index (χ3n) is 2.60. The predicted octanol–water partition coefficient (Wildman–Crippen LogP) is 4.18. The maximum atomic E-state index is 12.3. The van der Waals surface area contributed by atoms with Crippen LogP contribution in [0.5, 0.6) is 0 Å². The molecule has 0 radical (unpaired) electrons. The van der Waals surface area contributed by atoms with Gasteiger partial charge in [0.1, 0.15) is 0 Å². The minimum absolute atomic E-state index is 0.109. The van der Waals surface area contributed by atoms with Gasteiger partial charge in [-0.2, -0.15) is 0 Å². The van der Waals surface area contributed by atoms with Gasteiger partial charge in [0, 0.05) is 15.5 Å². The molecule has 0 atom stereocenters. The first-order chi connectivity index (χ1) is 7.75. The molecule has 0 bridgehead atoms. The van der Waals surface area contributed by atoms with Crippen molar-refractivity contribution in [3.8, 4) is 0 Å². The van der Waals surface area contributed by atoms with E-state index in [4.69, 9.17) is 0 Å². The third-order valence-corrected chi connectivity index (χ3v) is 4.20. The summed E-state index contributed by atoms with van der Waals surface area (Å²) in [7, 11) is 0. The van der Waals surface area contributed by atoms with E-state index in [0.717, 1.165) is 24.6 Å². The molecular weight excluding hydrogens is 284 g/mol. The van der Waals surface area contributed by atoms with Crippen molar-refractivity contribution in [1.82, 2.24) is 0 Å². The van der Waals surface area contributed by atoms with Crippen LogP contribution in [0.25, 0.3) is 20.9 Å². The smallest absolute Gasteiger partial charge is 0.195 e. The second-order valence-electron chi connectivity index (χ2n) is 3.58. The Labute approximate surface area is 104 Å². The van der Waals surface area contributed by atoms with Gasteiger partial charge in [0.25, 0.3) is 0 Å². The molecule has 0 saturated heterocycles.